The summed E-state index contributed by atoms with van der Waals surface area (Å²) in [6, 6.07) is 16.8. The van der Waals surface area contributed by atoms with Crippen LogP contribution in [0.4, 0.5) is 5.82 Å². The zero-order chi connectivity index (χ0) is 23.2. The van der Waals surface area contributed by atoms with Crippen molar-refractivity contribution in [3.8, 4) is 17.6 Å². The zero-order valence-corrected chi connectivity index (χ0v) is 19.5. The van der Waals surface area contributed by atoms with Gasteiger partial charge in [0.15, 0.2) is 17.1 Å². The summed E-state index contributed by atoms with van der Waals surface area (Å²) in [6.45, 7) is 9.20. The van der Waals surface area contributed by atoms with Crippen molar-refractivity contribution in [1.29, 1.82) is 5.26 Å². The molecule has 0 N–H and O–H groups in total. The minimum atomic E-state index is 0.304. The van der Waals surface area contributed by atoms with Crippen molar-refractivity contribution in [2.24, 2.45) is 0 Å². The largest absolute Gasteiger partial charge is 0.454 e. The van der Waals surface area contributed by atoms with Crippen molar-refractivity contribution in [3.05, 3.63) is 64.7 Å². The molecular weight excluding hydrogens is 426 g/mol. The fourth-order valence-electron chi connectivity index (χ4n) is 5.33. The van der Waals surface area contributed by atoms with Crippen LogP contribution in [-0.4, -0.2) is 47.3 Å². The summed E-state index contributed by atoms with van der Waals surface area (Å²) in [4.78, 5) is 9.82. The standard InChI is InChI=1S/C27H27N5O2/c1-3-20-18(2)21(15-28)26-29-22-6-4-5-7-23(22)32(26)27(20)31-12-10-30(11-13-31)16-19-8-9-24-25(14-19)34-17-33-24/h4-9,14H,3,10-13,16-17H2,1-2H3. The van der Waals surface area contributed by atoms with Gasteiger partial charge in [0.25, 0.3) is 0 Å². The van der Waals surface area contributed by atoms with E-state index in [1.54, 1.807) is 0 Å². The van der Waals surface area contributed by atoms with E-state index in [-0.39, 0.29) is 0 Å². The number of pyridine rings is 1. The van der Waals surface area contributed by atoms with Gasteiger partial charge in [-0.1, -0.05) is 25.1 Å². The van der Waals surface area contributed by atoms with Crippen LogP contribution in [0.15, 0.2) is 42.5 Å². The number of fused-ring (bicyclic) bond motifs is 4. The van der Waals surface area contributed by atoms with Crippen LogP contribution in [-0.2, 0) is 13.0 Å². The van der Waals surface area contributed by atoms with E-state index in [0.29, 0.717) is 12.4 Å². The Bertz CT molecular complexity index is 1440. The van der Waals surface area contributed by atoms with Crippen LogP contribution in [0.2, 0.25) is 0 Å². The average molecular weight is 454 g/mol. The fraction of sp³-hybridized carbons (Fsp3) is 0.333. The molecule has 0 spiro atoms. The second kappa shape index (κ2) is 8.23. The summed E-state index contributed by atoms with van der Waals surface area (Å²) in [6.07, 6.45) is 0.871. The SMILES string of the molecule is CCc1c(C)c(C#N)c2nc3ccccc3n2c1N1CCN(Cc2ccc3c(c2)OCO3)CC1. The van der Waals surface area contributed by atoms with Gasteiger partial charge >= 0.3 is 0 Å². The first-order chi connectivity index (χ1) is 16.7. The summed E-state index contributed by atoms with van der Waals surface area (Å²) in [7, 11) is 0. The number of imidazole rings is 1. The predicted octanol–water partition coefficient (Wildman–Crippen LogP) is 4.28. The number of hydrogen-bond acceptors (Lipinski definition) is 6. The summed E-state index contributed by atoms with van der Waals surface area (Å²) < 4.78 is 13.2. The van der Waals surface area contributed by atoms with Gasteiger partial charge in [-0.05, 0) is 54.3 Å². The van der Waals surface area contributed by atoms with Gasteiger partial charge in [0.2, 0.25) is 6.79 Å². The van der Waals surface area contributed by atoms with Crippen LogP contribution >= 0.6 is 0 Å². The highest BCUT2D eigenvalue weighted by atomic mass is 16.7. The summed E-state index contributed by atoms with van der Waals surface area (Å²) in [5.74, 6) is 2.85. The number of piperazine rings is 1. The highest BCUT2D eigenvalue weighted by Gasteiger charge is 2.26. The summed E-state index contributed by atoms with van der Waals surface area (Å²) in [5.41, 5.74) is 6.94. The molecule has 0 aliphatic carbocycles. The molecule has 7 heteroatoms. The van der Waals surface area contributed by atoms with Gasteiger partial charge in [-0.15, -0.1) is 0 Å². The number of nitriles is 1. The normalized spacial score (nSPS) is 15.9. The molecule has 172 valence electrons. The Balaban J connectivity index is 1.33. The van der Waals surface area contributed by atoms with Crippen LogP contribution < -0.4 is 14.4 Å². The number of ether oxygens (including phenoxy) is 2. The van der Waals surface area contributed by atoms with Crippen LogP contribution in [0.3, 0.4) is 0 Å². The molecule has 0 saturated carbocycles. The quantitative estimate of drug-likeness (QED) is 0.460. The maximum atomic E-state index is 9.96. The van der Waals surface area contributed by atoms with E-state index in [2.05, 4.69) is 52.3 Å². The first kappa shape index (κ1) is 20.8. The smallest absolute Gasteiger partial charge is 0.231 e. The Morgan fingerprint density at radius 2 is 1.82 bits per heavy atom. The van der Waals surface area contributed by atoms with Crippen molar-refractivity contribution >= 4 is 22.5 Å². The van der Waals surface area contributed by atoms with Crippen molar-refractivity contribution in [2.45, 2.75) is 26.8 Å². The maximum absolute atomic E-state index is 9.96. The molecule has 2 aromatic heterocycles. The van der Waals surface area contributed by atoms with Gasteiger partial charge in [-0.3, -0.25) is 9.30 Å². The second-order valence-electron chi connectivity index (χ2n) is 8.98. The second-order valence-corrected chi connectivity index (χ2v) is 8.98. The lowest BCUT2D eigenvalue weighted by atomic mass is 10.0. The van der Waals surface area contributed by atoms with Crippen molar-refractivity contribution in [2.75, 3.05) is 37.9 Å². The molecule has 0 unspecified atom stereocenters. The molecule has 0 radical (unpaired) electrons. The van der Waals surface area contributed by atoms with Gasteiger partial charge in [-0.25, -0.2) is 4.98 Å². The number of para-hydroxylation sites is 2. The minimum Gasteiger partial charge on any atom is -0.454 e. The third-order valence-corrected chi connectivity index (χ3v) is 7.07. The van der Waals surface area contributed by atoms with Crippen LogP contribution in [0.1, 0.15) is 29.2 Å². The Morgan fingerprint density at radius 3 is 2.62 bits per heavy atom. The number of rotatable bonds is 4. The number of aromatic nitrogens is 2. The van der Waals surface area contributed by atoms with Gasteiger partial charge in [-0.2, -0.15) is 5.26 Å². The van der Waals surface area contributed by atoms with E-state index in [1.807, 2.05) is 24.3 Å². The Morgan fingerprint density at radius 1 is 1.03 bits per heavy atom. The molecule has 6 rings (SSSR count). The lowest BCUT2D eigenvalue weighted by Gasteiger charge is -2.37. The molecule has 1 saturated heterocycles. The Hall–Kier alpha value is -3.76. The topological polar surface area (TPSA) is 66.0 Å². The number of benzene rings is 2. The van der Waals surface area contributed by atoms with E-state index in [4.69, 9.17) is 14.5 Å². The zero-order valence-electron chi connectivity index (χ0n) is 19.5. The van der Waals surface area contributed by atoms with Crippen molar-refractivity contribution < 1.29 is 9.47 Å². The van der Waals surface area contributed by atoms with Gasteiger partial charge < -0.3 is 14.4 Å². The molecule has 2 aliphatic heterocycles. The molecule has 4 aromatic rings. The van der Waals surface area contributed by atoms with Gasteiger partial charge in [0.05, 0.1) is 16.6 Å². The van der Waals surface area contributed by atoms with Crippen LogP contribution in [0, 0.1) is 18.3 Å². The van der Waals surface area contributed by atoms with E-state index < -0.39 is 0 Å². The summed E-state index contributed by atoms with van der Waals surface area (Å²) in [5, 5.41) is 9.96. The van der Waals surface area contributed by atoms with Gasteiger partial charge in [0, 0.05) is 32.7 Å². The van der Waals surface area contributed by atoms with Crippen molar-refractivity contribution in [3.63, 3.8) is 0 Å². The van der Waals surface area contributed by atoms with Crippen LogP contribution in [0.25, 0.3) is 16.7 Å². The average Bonchev–Trinajstić information content (AvgIpc) is 3.48. The Kier molecular flexibility index (Phi) is 5.04. The van der Waals surface area contributed by atoms with Crippen molar-refractivity contribution in [1.82, 2.24) is 14.3 Å². The highest BCUT2D eigenvalue weighted by molar-refractivity contribution is 5.86. The van der Waals surface area contributed by atoms with E-state index >= 15 is 0 Å². The minimum absolute atomic E-state index is 0.304. The summed E-state index contributed by atoms with van der Waals surface area (Å²) >= 11 is 0. The third kappa shape index (κ3) is 3.25. The molecule has 0 bridgehead atoms. The lowest BCUT2D eigenvalue weighted by Crippen LogP contribution is -2.47. The lowest BCUT2D eigenvalue weighted by molar-refractivity contribution is 0.174. The molecule has 2 aromatic carbocycles. The van der Waals surface area contributed by atoms with Gasteiger partial charge in [0.1, 0.15) is 11.9 Å². The molecule has 0 amide bonds. The molecule has 1 fully saturated rings. The van der Waals surface area contributed by atoms with E-state index in [0.717, 1.165) is 72.9 Å². The fourth-order valence-corrected chi connectivity index (χ4v) is 5.33. The number of hydrogen-bond donors (Lipinski definition) is 0. The maximum Gasteiger partial charge on any atom is 0.231 e. The number of anilines is 1. The third-order valence-electron chi connectivity index (χ3n) is 7.07. The molecule has 0 atom stereocenters. The Labute approximate surface area is 198 Å². The molecular formula is C27H27N5O2. The molecule has 4 heterocycles. The predicted molar refractivity (Wildman–Crippen MR) is 132 cm³/mol. The monoisotopic (exact) mass is 453 g/mol. The number of nitrogens with zero attached hydrogens (tertiary/aromatic N) is 5. The highest BCUT2D eigenvalue weighted by Crippen LogP contribution is 2.35. The molecule has 34 heavy (non-hydrogen) atoms. The molecule has 2 aliphatic rings. The first-order valence-corrected chi connectivity index (χ1v) is 11.9. The van der Waals surface area contributed by atoms with Crippen LogP contribution in [0.5, 0.6) is 11.5 Å². The van der Waals surface area contributed by atoms with E-state index in [9.17, 15) is 5.26 Å². The van der Waals surface area contributed by atoms with E-state index in [1.165, 1.54) is 16.9 Å². The first-order valence-electron chi connectivity index (χ1n) is 11.9. The molecule has 7 nitrogen and oxygen atoms in total.